The predicted molar refractivity (Wildman–Crippen MR) is 132 cm³/mol. The maximum atomic E-state index is 13.0. The minimum absolute atomic E-state index is 0. The van der Waals surface area contributed by atoms with Crippen LogP contribution >= 0.6 is 12.4 Å². The summed E-state index contributed by atoms with van der Waals surface area (Å²) < 4.78 is 98.7. The SMILES string of the molecule is Cl.NC(=O)[C@H](c1ccccc1)N(CCCc1ccc(C(F)(F)F)cc1)c1ccc(OC(F)F)c(OC(F)F)c1. The Balaban J connectivity index is 0.00000533. The lowest BCUT2D eigenvalue weighted by Gasteiger charge is -2.32. The van der Waals surface area contributed by atoms with E-state index in [1.807, 2.05) is 0 Å². The van der Waals surface area contributed by atoms with Gasteiger partial charge in [-0.15, -0.1) is 12.4 Å². The normalized spacial score (nSPS) is 12.1. The minimum Gasteiger partial charge on any atom is -0.431 e. The van der Waals surface area contributed by atoms with Crippen molar-refractivity contribution in [3.63, 3.8) is 0 Å². The number of carbonyl (C=O) groups is 1. The summed E-state index contributed by atoms with van der Waals surface area (Å²) in [6.45, 7) is -6.56. The van der Waals surface area contributed by atoms with E-state index in [2.05, 4.69) is 9.47 Å². The average molecular weight is 581 g/mol. The molecule has 2 N–H and O–H groups in total. The number of halogens is 8. The Morgan fingerprint density at radius 2 is 1.44 bits per heavy atom. The van der Waals surface area contributed by atoms with Gasteiger partial charge in [-0.1, -0.05) is 42.5 Å². The average Bonchev–Trinajstić information content (AvgIpc) is 2.84. The second kappa shape index (κ2) is 13.9. The lowest BCUT2D eigenvalue weighted by Crippen LogP contribution is -2.38. The summed E-state index contributed by atoms with van der Waals surface area (Å²) in [5, 5.41) is 0. The second-order valence-electron chi connectivity index (χ2n) is 8.10. The number of alkyl halides is 7. The molecule has 0 aromatic heterocycles. The second-order valence-corrected chi connectivity index (χ2v) is 8.10. The zero-order valence-corrected chi connectivity index (χ0v) is 20.9. The lowest BCUT2D eigenvalue weighted by molar-refractivity contribution is -0.137. The van der Waals surface area contributed by atoms with Gasteiger partial charge in [-0.05, 0) is 48.2 Å². The number of anilines is 1. The van der Waals surface area contributed by atoms with Crippen molar-refractivity contribution in [2.24, 2.45) is 5.73 Å². The number of ether oxygens (including phenoxy) is 2. The molecule has 0 heterocycles. The van der Waals surface area contributed by atoms with Gasteiger partial charge in [0, 0.05) is 18.3 Å². The Morgan fingerprint density at radius 1 is 0.846 bits per heavy atom. The minimum atomic E-state index is -4.47. The standard InChI is InChI=1S/C26H23F7N2O3.ClH/c27-24(28)37-20-13-12-19(15-21(20)38-25(29)30)35(22(23(34)36)17-6-2-1-3-7-17)14-4-5-16-8-10-18(11-9-16)26(31,32)33;/h1-3,6-13,15,22,24-25H,4-5,14H2,(H2,34,36);1H/t22-;/m0./s1. The molecule has 3 aromatic rings. The maximum Gasteiger partial charge on any atom is 0.416 e. The van der Waals surface area contributed by atoms with E-state index in [1.54, 1.807) is 30.3 Å². The Morgan fingerprint density at radius 3 is 1.97 bits per heavy atom. The van der Waals surface area contributed by atoms with E-state index in [9.17, 15) is 35.5 Å². The number of hydrogen-bond donors (Lipinski definition) is 1. The van der Waals surface area contributed by atoms with Crippen molar-refractivity contribution in [1.82, 2.24) is 0 Å². The highest BCUT2D eigenvalue weighted by Crippen LogP contribution is 2.37. The number of rotatable bonds is 12. The molecule has 0 fully saturated rings. The van der Waals surface area contributed by atoms with Crippen LogP contribution in [0.2, 0.25) is 0 Å². The highest BCUT2D eigenvalue weighted by molar-refractivity contribution is 5.86. The Labute approximate surface area is 225 Å². The molecule has 0 bridgehead atoms. The summed E-state index contributed by atoms with van der Waals surface area (Å²) in [6.07, 6.45) is -3.86. The smallest absolute Gasteiger partial charge is 0.416 e. The summed E-state index contributed by atoms with van der Waals surface area (Å²) in [4.78, 5) is 14.0. The molecule has 3 aromatic carbocycles. The van der Waals surface area contributed by atoms with E-state index in [0.29, 0.717) is 24.0 Å². The topological polar surface area (TPSA) is 64.8 Å². The number of aryl methyl sites for hydroxylation is 1. The van der Waals surface area contributed by atoms with Gasteiger partial charge in [0.05, 0.1) is 5.56 Å². The molecule has 0 unspecified atom stereocenters. The van der Waals surface area contributed by atoms with E-state index in [-0.39, 0.29) is 24.6 Å². The maximum absolute atomic E-state index is 13.0. The molecular weight excluding hydrogens is 557 g/mol. The van der Waals surface area contributed by atoms with Gasteiger partial charge in [0.15, 0.2) is 11.5 Å². The summed E-state index contributed by atoms with van der Waals surface area (Å²) in [5.41, 5.74) is 6.11. The zero-order valence-electron chi connectivity index (χ0n) is 20.1. The fourth-order valence-corrected chi connectivity index (χ4v) is 3.91. The molecular formula is C26H24ClF7N2O3. The fourth-order valence-electron chi connectivity index (χ4n) is 3.91. The van der Waals surface area contributed by atoms with E-state index < -0.39 is 48.4 Å². The fraction of sp³-hybridized carbons (Fsp3) is 0.269. The highest BCUT2D eigenvalue weighted by Gasteiger charge is 2.30. The molecule has 0 radical (unpaired) electrons. The van der Waals surface area contributed by atoms with Crippen LogP contribution in [-0.2, 0) is 17.4 Å². The van der Waals surface area contributed by atoms with Crippen LogP contribution in [0.1, 0.15) is 29.2 Å². The van der Waals surface area contributed by atoms with Crippen molar-refractivity contribution >= 4 is 24.0 Å². The van der Waals surface area contributed by atoms with E-state index >= 15 is 0 Å². The molecule has 0 aliphatic heterocycles. The molecule has 0 aliphatic rings. The molecule has 5 nitrogen and oxygen atoms in total. The van der Waals surface area contributed by atoms with E-state index in [4.69, 9.17) is 5.73 Å². The van der Waals surface area contributed by atoms with Gasteiger partial charge in [-0.25, -0.2) is 0 Å². The first-order valence-corrected chi connectivity index (χ1v) is 11.3. The summed E-state index contributed by atoms with van der Waals surface area (Å²) in [6, 6.07) is 15.1. The number of amides is 1. The monoisotopic (exact) mass is 580 g/mol. The summed E-state index contributed by atoms with van der Waals surface area (Å²) >= 11 is 0. The van der Waals surface area contributed by atoms with Gasteiger partial charge in [-0.3, -0.25) is 4.79 Å². The Bertz CT molecular complexity index is 1200. The van der Waals surface area contributed by atoms with Crippen molar-refractivity contribution in [1.29, 1.82) is 0 Å². The van der Waals surface area contributed by atoms with Gasteiger partial charge in [0.2, 0.25) is 5.91 Å². The number of carbonyl (C=O) groups excluding carboxylic acids is 1. The van der Waals surface area contributed by atoms with Gasteiger partial charge < -0.3 is 20.1 Å². The van der Waals surface area contributed by atoms with Crippen LogP contribution in [-0.4, -0.2) is 25.7 Å². The van der Waals surface area contributed by atoms with Gasteiger partial charge in [0.1, 0.15) is 6.04 Å². The molecule has 0 saturated heterocycles. The molecule has 13 heteroatoms. The number of nitrogens with zero attached hydrogens (tertiary/aromatic N) is 1. The molecule has 0 saturated carbocycles. The Hall–Kier alpha value is -3.67. The molecule has 0 spiro atoms. The van der Waals surface area contributed by atoms with Crippen molar-refractivity contribution in [3.05, 3.63) is 89.5 Å². The first-order chi connectivity index (χ1) is 18.0. The first kappa shape index (κ1) is 31.5. The summed E-state index contributed by atoms with van der Waals surface area (Å²) in [7, 11) is 0. The lowest BCUT2D eigenvalue weighted by atomic mass is 10.0. The van der Waals surface area contributed by atoms with Gasteiger partial charge >= 0.3 is 19.4 Å². The van der Waals surface area contributed by atoms with Gasteiger partial charge in [-0.2, -0.15) is 30.7 Å². The van der Waals surface area contributed by atoms with Crippen LogP contribution < -0.4 is 20.1 Å². The third-order valence-electron chi connectivity index (χ3n) is 5.53. The number of hydrogen-bond acceptors (Lipinski definition) is 4. The first-order valence-electron chi connectivity index (χ1n) is 11.3. The zero-order chi connectivity index (χ0) is 27.9. The quantitative estimate of drug-likeness (QED) is 0.234. The van der Waals surface area contributed by atoms with Crippen LogP contribution in [0.5, 0.6) is 11.5 Å². The molecule has 212 valence electrons. The van der Waals surface area contributed by atoms with Gasteiger partial charge in [0.25, 0.3) is 0 Å². The third-order valence-corrected chi connectivity index (χ3v) is 5.53. The van der Waals surface area contributed by atoms with Crippen LogP contribution in [0.3, 0.4) is 0 Å². The molecule has 1 amide bonds. The van der Waals surface area contributed by atoms with Crippen molar-refractivity contribution in [3.8, 4) is 11.5 Å². The number of primary amides is 1. The van der Waals surface area contributed by atoms with E-state index in [0.717, 1.165) is 24.3 Å². The highest BCUT2D eigenvalue weighted by atomic mass is 35.5. The number of benzene rings is 3. The van der Waals surface area contributed by atoms with Crippen LogP contribution in [0.15, 0.2) is 72.8 Å². The van der Waals surface area contributed by atoms with Crippen molar-refractivity contribution in [2.45, 2.75) is 38.3 Å². The molecule has 39 heavy (non-hydrogen) atoms. The van der Waals surface area contributed by atoms with E-state index in [1.165, 1.54) is 23.1 Å². The molecule has 1 atom stereocenters. The summed E-state index contributed by atoms with van der Waals surface area (Å²) in [5.74, 6) is -2.10. The Kier molecular flexibility index (Phi) is 11.3. The van der Waals surface area contributed by atoms with Crippen molar-refractivity contribution in [2.75, 3.05) is 11.4 Å². The van der Waals surface area contributed by atoms with Crippen LogP contribution in [0, 0.1) is 0 Å². The van der Waals surface area contributed by atoms with Crippen LogP contribution in [0.4, 0.5) is 36.4 Å². The molecule has 3 rings (SSSR count). The predicted octanol–water partition coefficient (Wildman–Crippen LogP) is 7.00. The van der Waals surface area contributed by atoms with Crippen LogP contribution in [0.25, 0.3) is 0 Å². The largest absolute Gasteiger partial charge is 0.431 e. The number of nitrogens with two attached hydrogens (primary N) is 1. The molecule has 0 aliphatic carbocycles. The van der Waals surface area contributed by atoms with Crippen molar-refractivity contribution < 1.29 is 45.0 Å². The third kappa shape index (κ3) is 8.95.